The molecule has 0 spiro atoms. The zero-order chi connectivity index (χ0) is 19.6. The van der Waals surface area contributed by atoms with Crippen molar-refractivity contribution in [1.82, 2.24) is 10.9 Å². The average Bonchev–Trinajstić information content (AvgIpc) is 2.99. The van der Waals surface area contributed by atoms with Gasteiger partial charge in [0.25, 0.3) is 5.91 Å². The van der Waals surface area contributed by atoms with Gasteiger partial charge in [0.1, 0.15) is 6.04 Å². The van der Waals surface area contributed by atoms with Crippen LogP contribution in [0.25, 0.3) is 0 Å². The number of carbonyl (C=O) groups excluding carboxylic acids is 2. The molecule has 3 N–H and O–H groups in total. The van der Waals surface area contributed by atoms with Crippen molar-refractivity contribution in [2.24, 2.45) is 0 Å². The Hall–Kier alpha value is -2.78. The number of hydrazine groups is 1. The van der Waals surface area contributed by atoms with Gasteiger partial charge in [0, 0.05) is 21.3 Å². The van der Waals surface area contributed by atoms with Crippen molar-refractivity contribution in [1.29, 1.82) is 0 Å². The maximum Gasteiger partial charge on any atom is 0.265 e. The van der Waals surface area contributed by atoms with Crippen molar-refractivity contribution in [2.45, 2.75) is 6.04 Å². The first-order chi connectivity index (χ1) is 13.0. The first-order valence-corrected chi connectivity index (χ1v) is 8.74. The number of ether oxygens (including phenoxy) is 3. The topological polar surface area (TPSA) is 97.9 Å². The number of carbonyl (C=O) groups is 2. The molecule has 0 radical (unpaired) electrons. The largest absolute Gasteiger partial charge is 0.493 e. The highest BCUT2D eigenvalue weighted by Gasteiger charge is 2.31. The Morgan fingerprint density at radius 1 is 1.07 bits per heavy atom. The van der Waals surface area contributed by atoms with Crippen LogP contribution in [0.3, 0.4) is 0 Å². The summed E-state index contributed by atoms with van der Waals surface area (Å²) in [7, 11) is 4.42. The second-order valence-electron chi connectivity index (χ2n) is 5.67. The second kappa shape index (κ2) is 7.85. The Balaban J connectivity index is 1.79. The van der Waals surface area contributed by atoms with Gasteiger partial charge >= 0.3 is 0 Å². The number of rotatable bonds is 6. The molecule has 8 nitrogen and oxygen atoms in total. The number of hydrogen-bond donors (Lipinski definition) is 3. The van der Waals surface area contributed by atoms with Gasteiger partial charge < -0.3 is 19.5 Å². The number of methoxy groups -OCH3 is 3. The van der Waals surface area contributed by atoms with Crippen molar-refractivity contribution in [3.63, 3.8) is 0 Å². The predicted octanol–water partition coefficient (Wildman–Crippen LogP) is 2.40. The van der Waals surface area contributed by atoms with Crippen LogP contribution in [-0.2, 0) is 4.79 Å². The van der Waals surface area contributed by atoms with Gasteiger partial charge in [-0.2, -0.15) is 0 Å². The number of amides is 2. The monoisotopic (exact) mass is 435 g/mol. The molecule has 9 heteroatoms. The van der Waals surface area contributed by atoms with Gasteiger partial charge in [-0.05, 0) is 30.3 Å². The highest BCUT2D eigenvalue weighted by atomic mass is 79.9. The van der Waals surface area contributed by atoms with E-state index in [-0.39, 0.29) is 11.5 Å². The Bertz CT molecular complexity index is 878. The van der Waals surface area contributed by atoms with Crippen molar-refractivity contribution < 1.29 is 23.8 Å². The first kappa shape index (κ1) is 19.0. The Morgan fingerprint density at radius 3 is 2.33 bits per heavy atom. The standard InChI is InChI=1S/C18H18BrN3O5/c1-25-13-6-9(7-14(26-2)16(13)27-3)17(23)22-21-15-11-8-10(19)4-5-12(11)20-18(15)24/h4-8,15,21H,1-3H3,(H,20,24)(H,22,23). The van der Waals surface area contributed by atoms with E-state index in [1.807, 2.05) is 12.1 Å². The van der Waals surface area contributed by atoms with Gasteiger partial charge in [0.05, 0.1) is 21.3 Å². The molecule has 0 aliphatic carbocycles. The van der Waals surface area contributed by atoms with E-state index in [1.165, 1.54) is 33.5 Å². The van der Waals surface area contributed by atoms with Gasteiger partial charge in [-0.3, -0.25) is 15.0 Å². The lowest BCUT2D eigenvalue weighted by Gasteiger charge is -2.16. The van der Waals surface area contributed by atoms with Crippen molar-refractivity contribution in [2.75, 3.05) is 26.6 Å². The summed E-state index contributed by atoms with van der Waals surface area (Å²) in [6.45, 7) is 0. The van der Waals surface area contributed by atoms with Gasteiger partial charge in [0.15, 0.2) is 11.5 Å². The van der Waals surface area contributed by atoms with Gasteiger partial charge in [-0.1, -0.05) is 15.9 Å². The predicted molar refractivity (Wildman–Crippen MR) is 102 cm³/mol. The van der Waals surface area contributed by atoms with Crippen molar-refractivity contribution in [3.05, 3.63) is 45.9 Å². The molecule has 2 aromatic carbocycles. The summed E-state index contributed by atoms with van der Waals surface area (Å²) in [6, 6.07) is 7.78. The first-order valence-electron chi connectivity index (χ1n) is 7.94. The van der Waals surface area contributed by atoms with Crippen LogP contribution < -0.4 is 30.4 Å². The molecule has 1 aliphatic heterocycles. The number of halogens is 1. The van der Waals surface area contributed by atoms with E-state index in [4.69, 9.17) is 14.2 Å². The van der Waals surface area contributed by atoms with Crippen LogP contribution in [0.1, 0.15) is 22.0 Å². The molecule has 0 bridgehead atoms. The van der Waals surface area contributed by atoms with Gasteiger partial charge in [-0.25, -0.2) is 5.43 Å². The molecule has 2 amide bonds. The number of hydrogen-bond acceptors (Lipinski definition) is 6. The molecule has 0 saturated carbocycles. The fraction of sp³-hybridized carbons (Fsp3) is 0.222. The van der Waals surface area contributed by atoms with Crippen LogP contribution >= 0.6 is 15.9 Å². The van der Waals surface area contributed by atoms with E-state index >= 15 is 0 Å². The normalized spacial score (nSPS) is 15.0. The molecule has 0 fully saturated rings. The Morgan fingerprint density at radius 2 is 1.74 bits per heavy atom. The van der Waals surface area contributed by atoms with E-state index in [9.17, 15) is 9.59 Å². The third-order valence-corrected chi connectivity index (χ3v) is 4.59. The van der Waals surface area contributed by atoms with Gasteiger partial charge in [-0.15, -0.1) is 0 Å². The molecule has 0 saturated heterocycles. The second-order valence-corrected chi connectivity index (χ2v) is 6.58. The fourth-order valence-electron chi connectivity index (χ4n) is 2.80. The van der Waals surface area contributed by atoms with Crippen molar-refractivity contribution >= 4 is 33.4 Å². The van der Waals surface area contributed by atoms with Gasteiger partial charge in [0.2, 0.25) is 11.7 Å². The highest BCUT2D eigenvalue weighted by Crippen LogP contribution is 2.38. The summed E-state index contributed by atoms with van der Waals surface area (Å²) in [5.74, 6) is 0.391. The lowest BCUT2D eigenvalue weighted by atomic mass is 10.1. The smallest absolute Gasteiger partial charge is 0.265 e. The van der Waals surface area contributed by atoms with Crippen LogP contribution in [0.15, 0.2) is 34.8 Å². The summed E-state index contributed by atoms with van der Waals surface area (Å²) in [5, 5.41) is 2.76. The lowest BCUT2D eigenvalue weighted by molar-refractivity contribution is -0.117. The molecule has 1 unspecified atom stereocenters. The highest BCUT2D eigenvalue weighted by molar-refractivity contribution is 9.10. The summed E-state index contributed by atoms with van der Waals surface area (Å²) in [4.78, 5) is 24.7. The Labute approximate surface area is 164 Å². The SMILES string of the molecule is COc1cc(C(=O)NNC2C(=O)Nc3ccc(Br)cc32)cc(OC)c1OC. The average molecular weight is 436 g/mol. The number of nitrogens with one attached hydrogen (secondary N) is 3. The molecule has 1 aliphatic rings. The minimum absolute atomic E-state index is 0.256. The number of fused-ring (bicyclic) bond motifs is 1. The minimum Gasteiger partial charge on any atom is -0.493 e. The van der Waals surface area contributed by atoms with Crippen LogP contribution in [0.2, 0.25) is 0 Å². The quantitative estimate of drug-likeness (QED) is 0.602. The number of anilines is 1. The van der Waals surface area contributed by atoms with Crippen LogP contribution in [0, 0.1) is 0 Å². The Kier molecular flexibility index (Phi) is 5.52. The van der Waals surface area contributed by atoms with E-state index in [1.54, 1.807) is 6.07 Å². The molecule has 142 valence electrons. The molecule has 3 rings (SSSR count). The van der Waals surface area contributed by atoms with Crippen LogP contribution in [0.4, 0.5) is 5.69 Å². The van der Waals surface area contributed by atoms with Crippen LogP contribution in [0.5, 0.6) is 17.2 Å². The molecule has 1 atom stereocenters. The van der Waals surface area contributed by atoms with E-state index in [0.29, 0.717) is 22.9 Å². The maximum absolute atomic E-state index is 12.6. The lowest BCUT2D eigenvalue weighted by Crippen LogP contribution is -2.42. The van der Waals surface area contributed by atoms with E-state index in [0.717, 1.165) is 10.0 Å². The summed E-state index contributed by atoms with van der Waals surface area (Å²) in [6.07, 6.45) is 0. The van der Waals surface area contributed by atoms with Crippen LogP contribution in [-0.4, -0.2) is 33.1 Å². The molecule has 0 aromatic heterocycles. The maximum atomic E-state index is 12.6. The van der Waals surface area contributed by atoms with E-state index in [2.05, 4.69) is 32.1 Å². The summed E-state index contributed by atoms with van der Waals surface area (Å²) >= 11 is 3.38. The third kappa shape index (κ3) is 3.69. The fourth-order valence-corrected chi connectivity index (χ4v) is 3.18. The summed E-state index contributed by atoms with van der Waals surface area (Å²) in [5.41, 5.74) is 7.04. The number of benzene rings is 2. The zero-order valence-corrected chi connectivity index (χ0v) is 16.5. The summed E-state index contributed by atoms with van der Waals surface area (Å²) < 4.78 is 16.6. The minimum atomic E-state index is -0.705. The molecule has 1 heterocycles. The molecule has 27 heavy (non-hydrogen) atoms. The van der Waals surface area contributed by atoms with E-state index < -0.39 is 11.9 Å². The molecule has 2 aromatic rings. The van der Waals surface area contributed by atoms with Crippen molar-refractivity contribution in [3.8, 4) is 17.2 Å². The third-order valence-electron chi connectivity index (χ3n) is 4.10. The molecular weight excluding hydrogens is 418 g/mol. The zero-order valence-electron chi connectivity index (χ0n) is 14.9. The molecular formula is C18H18BrN3O5.